The Hall–Kier alpha value is -2.39. The van der Waals surface area contributed by atoms with Gasteiger partial charge in [-0.15, -0.1) is 0 Å². The van der Waals surface area contributed by atoms with Crippen LogP contribution in [0.3, 0.4) is 0 Å². The number of carbonyl (C=O) groups excluding carboxylic acids is 1. The molecule has 0 aliphatic rings. The molecule has 2 nitrogen and oxygen atoms in total. The third-order valence-corrected chi connectivity index (χ3v) is 4.16. The third kappa shape index (κ3) is 3.88. The number of hydrogen-bond acceptors (Lipinski definition) is 2. The molecule has 0 aliphatic heterocycles. The van der Waals surface area contributed by atoms with Gasteiger partial charge < -0.3 is 4.74 Å². The standard InChI is InChI=1S/C20H15BrO2/c21-18-8-4-5-9-20(18)23-14-19(22)17-12-10-16(11-13-17)15-6-2-1-3-7-15/h1-13H,14H2. The number of carbonyl (C=O) groups is 1. The first-order chi connectivity index (χ1) is 11.2. The van der Waals surface area contributed by atoms with Gasteiger partial charge in [0, 0.05) is 5.56 Å². The molecule has 3 aromatic carbocycles. The molecule has 0 amide bonds. The molecule has 3 aromatic rings. The fourth-order valence-corrected chi connectivity index (χ4v) is 2.67. The van der Waals surface area contributed by atoms with Crippen LogP contribution in [-0.2, 0) is 0 Å². The minimum absolute atomic E-state index is 0.0211. The number of rotatable bonds is 5. The first-order valence-electron chi connectivity index (χ1n) is 7.30. The van der Waals surface area contributed by atoms with Gasteiger partial charge in [-0.3, -0.25) is 4.79 Å². The molecule has 3 rings (SSSR count). The van der Waals surface area contributed by atoms with Crippen LogP contribution in [0.4, 0.5) is 0 Å². The van der Waals surface area contributed by atoms with Gasteiger partial charge in [-0.1, -0.05) is 66.7 Å². The number of ketones is 1. The number of ether oxygens (including phenoxy) is 1. The van der Waals surface area contributed by atoms with Gasteiger partial charge in [-0.05, 0) is 39.2 Å². The molecule has 0 unspecified atom stereocenters. The molecule has 114 valence electrons. The Balaban J connectivity index is 1.67. The van der Waals surface area contributed by atoms with E-state index in [1.807, 2.05) is 78.9 Å². The molecule has 0 saturated carbocycles. The third-order valence-electron chi connectivity index (χ3n) is 3.51. The van der Waals surface area contributed by atoms with E-state index in [9.17, 15) is 4.79 Å². The zero-order chi connectivity index (χ0) is 16.1. The number of hydrogen-bond donors (Lipinski definition) is 0. The fourth-order valence-electron chi connectivity index (χ4n) is 2.27. The maximum absolute atomic E-state index is 12.2. The van der Waals surface area contributed by atoms with Crippen LogP contribution in [0.1, 0.15) is 10.4 Å². The number of para-hydroxylation sites is 1. The van der Waals surface area contributed by atoms with Gasteiger partial charge >= 0.3 is 0 Å². The Morgan fingerprint density at radius 1 is 0.783 bits per heavy atom. The van der Waals surface area contributed by atoms with Crippen molar-refractivity contribution in [3.05, 3.63) is 88.9 Å². The van der Waals surface area contributed by atoms with E-state index >= 15 is 0 Å². The van der Waals surface area contributed by atoms with E-state index in [1.165, 1.54) is 0 Å². The summed E-state index contributed by atoms with van der Waals surface area (Å²) < 4.78 is 6.41. The molecule has 0 N–H and O–H groups in total. The van der Waals surface area contributed by atoms with Crippen molar-refractivity contribution in [1.82, 2.24) is 0 Å². The summed E-state index contributed by atoms with van der Waals surface area (Å²) in [5.41, 5.74) is 2.88. The molecule has 3 heteroatoms. The first kappa shape index (κ1) is 15.5. The zero-order valence-corrected chi connectivity index (χ0v) is 14.0. The molecule has 0 bridgehead atoms. The SMILES string of the molecule is O=C(COc1ccccc1Br)c1ccc(-c2ccccc2)cc1. The first-order valence-corrected chi connectivity index (χ1v) is 8.09. The van der Waals surface area contributed by atoms with Gasteiger partial charge in [-0.25, -0.2) is 0 Å². The highest BCUT2D eigenvalue weighted by Gasteiger charge is 2.08. The lowest BCUT2D eigenvalue weighted by atomic mass is 10.0. The summed E-state index contributed by atoms with van der Waals surface area (Å²) in [4.78, 5) is 12.2. The van der Waals surface area contributed by atoms with Crippen molar-refractivity contribution in [1.29, 1.82) is 0 Å². The van der Waals surface area contributed by atoms with Crippen LogP contribution in [0.25, 0.3) is 11.1 Å². The molecule has 0 heterocycles. The minimum Gasteiger partial charge on any atom is -0.484 e. The normalized spacial score (nSPS) is 10.3. The maximum Gasteiger partial charge on any atom is 0.200 e. The quantitative estimate of drug-likeness (QED) is 0.566. The lowest BCUT2D eigenvalue weighted by Gasteiger charge is -2.08. The molecule has 0 fully saturated rings. The molecule has 0 spiro atoms. The van der Waals surface area contributed by atoms with Crippen molar-refractivity contribution >= 4 is 21.7 Å². The summed E-state index contributed by atoms with van der Waals surface area (Å²) >= 11 is 3.40. The van der Waals surface area contributed by atoms with E-state index in [4.69, 9.17) is 4.74 Å². The van der Waals surface area contributed by atoms with Crippen molar-refractivity contribution < 1.29 is 9.53 Å². The summed E-state index contributed by atoms with van der Waals surface area (Å²) in [6.45, 7) is 0.0211. The predicted molar refractivity (Wildman–Crippen MR) is 95.8 cm³/mol. The van der Waals surface area contributed by atoms with Gasteiger partial charge in [0.25, 0.3) is 0 Å². The van der Waals surface area contributed by atoms with Gasteiger partial charge in [0.05, 0.1) is 4.47 Å². The van der Waals surface area contributed by atoms with Crippen molar-refractivity contribution in [2.75, 3.05) is 6.61 Å². The second-order valence-electron chi connectivity index (χ2n) is 5.09. The van der Waals surface area contributed by atoms with Gasteiger partial charge in [0.1, 0.15) is 5.75 Å². The largest absolute Gasteiger partial charge is 0.484 e. The summed E-state index contributed by atoms with van der Waals surface area (Å²) in [5, 5.41) is 0. The minimum atomic E-state index is -0.0413. The molecule has 23 heavy (non-hydrogen) atoms. The highest BCUT2D eigenvalue weighted by molar-refractivity contribution is 9.10. The fraction of sp³-hybridized carbons (Fsp3) is 0.0500. The van der Waals surface area contributed by atoms with Gasteiger partial charge in [-0.2, -0.15) is 0 Å². The maximum atomic E-state index is 12.2. The Morgan fingerprint density at radius 2 is 1.39 bits per heavy atom. The van der Waals surface area contributed by atoms with Crippen LogP contribution in [0.2, 0.25) is 0 Å². The highest BCUT2D eigenvalue weighted by atomic mass is 79.9. The Morgan fingerprint density at radius 3 is 2.09 bits per heavy atom. The predicted octanol–water partition coefficient (Wildman–Crippen LogP) is 5.38. The average molecular weight is 367 g/mol. The summed E-state index contributed by atoms with van der Waals surface area (Å²) in [5.74, 6) is 0.627. The number of halogens is 1. The monoisotopic (exact) mass is 366 g/mol. The van der Waals surface area contributed by atoms with Crippen molar-refractivity contribution in [2.24, 2.45) is 0 Å². The molecule has 0 radical (unpaired) electrons. The Kier molecular flexibility index (Phi) is 4.89. The highest BCUT2D eigenvalue weighted by Crippen LogP contribution is 2.24. The van der Waals surface area contributed by atoms with E-state index in [1.54, 1.807) is 0 Å². The summed E-state index contributed by atoms with van der Waals surface area (Å²) in [6, 6.07) is 25.2. The van der Waals surface area contributed by atoms with Crippen molar-refractivity contribution in [3.8, 4) is 16.9 Å². The van der Waals surface area contributed by atoms with Crippen LogP contribution in [-0.4, -0.2) is 12.4 Å². The van der Waals surface area contributed by atoms with E-state index in [0.717, 1.165) is 15.6 Å². The molecule has 0 saturated heterocycles. The Bertz CT molecular complexity index is 795. The summed E-state index contributed by atoms with van der Waals surface area (Å²) in [6.07, 6.45) is 0. The lowest BCUT2D eigenvalue weighted by molar-refractivity contribution is 0.0921. The molecule has 0 atom stereocenters. The molecular weight excluding hydrogens is 352 g/mol. The smallest absolute Gasteiger partial charge is 0.200 e. The lowest BCUT2D eigenvalue weighted by Crippen LogP contribution is -2.11. The van der Waals surface area contributed by atoms with Crippen LogP contribution in [0.15, 0.2) is 83.3 Å². The average Bonchev–Trinajstić information content (AvgIpc) is 2.62. The number of benzene rings is 3. The zero-order valence-electron chi connectivity index (χ0n) is 12.4. The molecule has 0 aromatic heterocycles. The van der Waals surface area contributed by atoms with Crippen LogP contribution < -0.4 is 4.74 Å². The van der Waals surface area contributed by atoms with E-state index < -0.39 is 0 Å². The Labute approximate surface area is 143 Å². The summed E-state index contributed by atoms with van der Waals surface area (Å²) in [7, 11) is 0. The van der Waals surface area contributed by atoms with Gasteiger partial charge in [0.2, 0.25) is 0 Å². The van der Waals surface area contributed by atoms with Crippen LogP contribution >= 0.6 is 15.9 Å². The number of Topliss-reactive ketones (excluding diaryl/α,β-unsaturated/α-hetero) is 1. The van der Waals surface area contributed by atoms with Crippen LogP contribution in [0.5, 0.6) is 5.75 Å². The molecule has 0 aliphatic carbocycles. The van der Waals surface area contributed by atoms with Gasteiger partial charge in [0.15, 0.2) is 12.4 Å². The topological polar surface area (TPSA) is 26.3 Å². The van der Waals surface area contributed by atoms with Crippen molar-refractivity contribution in [3.63, 3.8) is 0 Å². The van der Waals surface area contributed by atoms with Crippen LogP contribution in [0, 0.1) is 0 Å². The molecular formula is C20H15BrO2. The van der Waals surface area contributed by atoms with E-state index in [2.05, 4.69) is 15.9 Å². The van der Waals surface area contributed by atoms with Crippen molar-refractivity contribution in [2.45, 2.75) is 0 Å². The van der Waals surface area contributed by atoms with E-state index in [-0.39, 0.29) is 12.4 Å². The second kappa shape index (κ2) is 7.25. The second-order valence-corrected chi connectivity index (χ2v) is 5.94. The van der Waals surface area contributed by atoms with E-state index in [0.29, 0.717) is 11.3 Å².